The molecule has 32 heavy (non-hydrogen) atoms. The van der Waals surface area contributed by atoms with Crippen LogP contribution < -0.4 is 10.1 Å². The maximum absolute atomic E-state index is 12.6. The SMILES string of the molecule is CCOC(=O)C(C(=O)NCCC1=Nc2ccccc2Oc2ccc(C)cc21)C(=O)OCC. The Bertz CT molecular complexity index is 1030. The molecule has 8 nitrogen and oxygen atoms in total. The first-order valence-electron chi connectivity index (χ1n) is 10.5. The molecule has 168 valence electrons. The van der Waals surface area contributed by atoms with Crippen molar-refractivity contribution in [3.05, 3.63) is 53.6 Å². The molecule has 0 radical (unpaired) electrons. The van der Waals surface area contributed by atoms with Gasteiger partial charge in [-0.05, 0) is 45.0 Å². The summed E-state index contributed by atoms with van der Waals surface area (Å²) in [7, 11) is 0. The minimum atomic E-state index is -1.66. The molecule has 0 fully saturated rings. The Morgan fingerprint density at radius 1 is 1.00 bits per heavy atom. The number of carbonyl (C=O) groups excluding carboxylic acids is 3. The fourth-order valence-electron chi connectivity index (χ4n) is 3.28. The van der Waals surface area contributed by atoms with Crippen LogP contribution in [0.1, 0.15) is 31.4 Å². The third-order valence-electron chi connectivity index (χ3n) is 4.75. The highest BCUT2D eigenvalue weighted by molar-refractivity contribution is 6.14. The van der Waals surface area contributed by atoms with E-state index in [4.69, 9.17) is 19.2 Å². The Hall–Kier alpha value is -3.68. The molecule has 2 aromatic carbocycles. The number of hydrogen-bond acceptors (Lipinski definition) is 7. The van der Waals surface area contributed by atoms with Crippen molar-refractivity contribution in [3.8, 4) is 11.5 Å². The van der Waals surface area contributed by atoms with E-state index < -0.39 is 23.8 Å². The number of carbonyl (C=O) groups is 3. The van der Waals surface area contributed by atoms with Gasteiger partial charge in [0, 0.05) is 18.5 Å². The minimum Gasteiger partial charge on any atom is -0.465 e. The van der Waals surface area contributed by atoms with Gasteiger partial charge in [0.15, 0.2) is 5.75 Å². The van der Waals surface area contributed by atoms with Crippen LogP contribution in [-0.4, -0.2) is 43.3 Å². The van der Waals surface area contributed by atoms with Gasteiger partial charge in [-0.1, -0.05) is 23.8 Å². The normalized spacial score (nSPS) is 11.9. The molecule has 0 spiro atoms. The minimum absolute atomic E-state index is 0.0500. The molecule has 0 unspecified atom stereocenters. The van der Waals surface area contributed by atoms with Gasteiger partial charge < -0.3 is 19.5 Å². The number of aryl methyl sites for hydroxylation is 1. The average molecular weight is 438 g/mol. The zero-order valence-corrected chi connectivity index (χ0v) is 18.3. The Morgan fingerprint density at radius 2 is 1.69 bits per heavy atom. The van der Waals surface area contributed by atoms with Crippen molar-refractivity contribution in [2.45, 2.75) is 27.2 Å². The third kappa shape index (κ3) is 5.32. The molecule has 3 rings (SSSR count). The van der Waals surface area contributed by atoms with Gasteiger partial charge in [-0.25, -0.2) is 4.99 Å². The number of nitrogens with one attached hydrogen (secondary N) is 1. The van der Waals surface area contributed by atoms with E-state index in [-0.39, 0.29) is 19.8 Å². The quantitative estimate of drug-likeness (QED) is 0.500. The van der Waals surface area contributed by atoms with Crippen molar-refractivity contribution in [3.63, 3.8) is 0 Å². The van der Waals surface area contributed by atoms with Gasteiger partial charge >= 0.3 is 11.9 Å². The fraction of sp³-hybridized carbons (Fsp3) is 0.333. The molecule has 1 N–H and O–H groups in total. The highest BCUT2D eigenvalue weighted by Gasteiger charge is 2.36. The van der Waals surface area contributed by atoms with Gasteiger partial charge in [0.05, 0.1) is 18.9 Å². The molecule has 1 aliphatic heterocycles. The fourth-order valence-corrected chi connectivity index (χ4v) is 3.28. The molecular weight excluding hydrogens is 412 g/mol. The number of esters is 2. The van der Waals surface area contributed by atoms with E-state index in [9.17, 15) is 14.4 Å². The zero-order valence-electron chi connectivity index (χ0n) is 18.3. The highest BCUT2D eigenvalue weighted by atomic mass is 16.6. The van der Waals surface area contributed by atoms with E-state index in [0.29, 0.717) is 23.6 Å². The molecule has 2 aromatic rings. The van der Waals surface area contributed by atoms with E-state index in [0.717, 1.165) is 16.8 Å². The average Bonchev–Trinajstić information content (AvgIpc) is 2.91. The number of fused-ring (bicyclic) bond motifs is 2. The van der Waals surface area contributed by atoms with Crippen LogP contribution in [0.2, 0.25) is 0 Å². The first kappa shape index (κ1) is 23.0. The summed E-state index contributed by atoms with van der Waals surface area (Å²) in [6, 6.07) is 13.3. The Morgan fingerprint density at radius 3 is 2.38 bits per heavy atom. The van der Waals surface area contributed by atoms with Crippen molar-refractivity contribution in [2.75, 3.05) is 19.8 Å². The Balaban J connectivity index is 1.78. The summed E-state index contributed by atoms with van der Waals surface area (Å²) in [4.78, 5) is 41.6. The topological polar surface area (TPSA) is 103 Å². The van der Waals surface area contributed by atoms with Gasteiger partial charge in [-0.2, -0.15) is 0 Å². The molecule has 0 aromatic heterocycles. The van der Waals surface area contributed by atoms with Crippen LogP contribution in [0.3, 0.4) is 0 Å². The Labute approximate surface area is 186 Å². The maximum atomic E-state index is 12.6. The number of para-hydroxylation sites is 2. The predicted molar refractivity (Wildman–Crippen MR) is 118 cm³/mol. The van der Waals surface area contributed by atoms with Crippen molar-refractivity contribution >= 4 is 29.2 Å². The second kappa shape index (κ2) is 10.6. The molecule has 0 aliphatic carbocycles. The van der Waals surface area contributed by atoms with Crippen LogP contribution in [0, 0.1) is 12.8 Å². The Kier molecular flexibility index (Phi) is 7.59. The van der Waals surface area contributed by atoms with Gasteiger partial charge in [0.1, 0.15) is 11.4 Å². The van der Waals surface area contributed by atoms with E-state index in [1.54, 1.807) is 13.8 Å². The summed E-state index contributed by atoms with van der Waals surface area (Å²) < 4.78 is 15.8. The molecule has 8 heteroatoms. The predicted octanol–water partition coefficient (Wildman–Crippen LogP) is 3.47. The number of ether oxygens (including phenoxy) is 3. The summed E-state index contributed by atoms with van der Waals surface area (Å²) in [5.74, 6) is -2.98. The van der Waals surface area contributed by atoms with Crippen LogP contribution in [0.15, 0.2) is 47.5 Å². The first-order chi connectivity index (χ1) is 15.4. The summed E-state index contributed by atoms with van der Waals surface area (Å²) in [5, 5.41) is 2.64. The summed E-state index contributed by atoms with van der Waals surface area (Å²) >= 11 is 0. The van der Waals surface area contributed by atoms with Gasteiger partial charge in [0.2, 0.25) is 11.8 Å². The number of nitrogens with zero attached hydrogens (tertiary/aromatic N) is 1. The van der Waals surface area contributed by atoms with E-state index in [1.807, 2.05) is 49.4 Å². The second-order valence-corrected chi connectivity index (χ2v) is 7.11. The van der Waals surface area contributed by atoms with E-state index in [1.165, 1.54) is 0 Å². The van der Waals surface area contributed by atoms with Crippen molar-refractivity contribution < 1.29 is 28.6 Å². The number of hydrogen-bond donors (Lipinski definition) is 1. The number of rotatable bonds is 8. The molecular formula is C24H26N2O6. The highest BCUT2D eigenvalue weighted by Crippen LogP contribution is 2.38. The first-order valence-corrected chi connectivity index (χ1v) is 10.5. The molecule has 1 aliphatic rings. The molecule has 0 saturated heterocycles. The monoisotopic (exact) mass is 438 g/mol. The number of amides is 1. The largest absolute Gasteiger partial charge is 0.465 e. The van der Waals surface area contributed by atoms with Crippen LogP contribution in [0.25, 0.3) is 0 Å². The summed E-state index contributed by atoms with van der Waals surface area (Å²) in [5.41, 5.74) is 3.26. The smallest absolute Gasteiger partial charge is 0.330 e. The lowest BCUT2D eigenvalue weighted by atomic mass is 10.0. The van der Waals surface area contributed by atoms with Crippen LogP contribution in [0.4, 0.5) is 5.69 Å². The molecule has 0 atom stereocenters. The van der Waals surface area contributed by atoms with Gasteiger partial charge in [0.25, 0.3) is 0 Å². The molecule has 0 bridgehead atoms. The third-order valence-corrected chi connectivity index (χ3v) is 4.75. The summed E-state index contributed by atoms with van der Waals surface area (Å²) in [6.45, 7) is 5.43. The summed E-state index contributed by atoms with van der Waals surface area (Å²) in [6.07, 6.45) is 0.359. The van der Waals surface area contributed by atoms with Gasteiger partial charge in [-0.3, -0.25) is 14.4 Å². The molecule has 0 saturated carbocycles. The zero-order chi connectivity index (χ0) is 23.1. The van der Waals surface area contributed by atoms with E-state index >= 15 is 0 Å². The lowest BCUT2D eigenvalue weighted by molar-refractivity contribution is -0.164. The van der Waals surface area contributed by atoms with Gasteiger partial charge in [-0.15, -0.1) is 0 Å². The standard InChI is InChI=1S/C24H26N2O6/c1-4-30-23(28)21(24(29)31-5-2)22(27)25-13-12-17-16-14-15(3)10-11-19(16)32-20-9-7-6-8-18(20)26-17/h6-11,14,21H,4-5,12-13H2,1-3H3,(H,25,27). The van der Waals surface area contributed by atoms with Crippen molar-refractivity contribution in [2.24, 2.45) is 10.9 Å². The number of aliphatic imine (C=N–C) groups is 1. The van der Waals surface area contributed by atoms with Crippen molar-refractivity contribution in [1.82, 2.24) is 5.32 Å². The van der Waals surface area contributed by atoms with Crippen molar-refractivity contribution in [1.29, 1.82) is 0 Å². The maximum Gasteiger partial charge on any atom is 0.330 e. The number of benzene rings is 2. The molecule has 1 amide bonds. The lowest BCUT2D eigenvalue weighted by Crippen LogP contribution is -2.42. The van der Waals surface area contributed by atoms with Crippen LogP contribution in [-0.2, 0) is 23.9 Å². The molecule has 1 heterocycles. The lowest BCUT2D eigenvalue weighted by Gasteiger charge is -2.15. The second-order valence-electron chi connectivity index (χ2n) is 7.11. The van der Waals surface area contributed by atoms with Crippen LogP contribution in [0.5, 0.6) is 11.5 Å². The van der Waals surface area contributed by atoms with E-state index in [2.05, 4.69) is 5.32 Å². The van der Waals surface area contributed by atoms with Crippen LogP contribution >= 0.6 is 0 Å².